The molecule has 28 heavy (non-hydrogen) atoms. The van der Waals surface area contributed by atoms with Gasteiger partial charge in [-0.2, -0.15) is 0 Å². The van der Waals surface area contributed by atoms with Crippen LogP contribution in [0.2, 0.25) is 0 Å². The third-order valence-electron chi connectivity index (χ3n) is 6.94. The number of rotatable bonds is 1. The van der Waals surface area contributed by atoms with Gasteiger partial charge in [0.05, 0.1) is 6.04 Å². The smallest absolute Gasteiger partial charge is 0.254 e. The normalized spacial score (nSPS) is 24.8. The second kappa shape index (κ2) is 6.05. The van der Waals surface area contributed by atoms with Crippen molar-refractivity contribution in [2.75, 3.05) is 0 Å². The topological polar surface area (TPSA) is 37.4 Å². The van der Waals surface area contributed by atoms with E-state index in [2.05, 4.69) is 80.5 Å². The molecule has 0 spiro atoms. The summed E-state index contributed by atoms with van der Waals surface area (Å²) in [7, 11) is 0. The molecule has 0 N–H and O–H groups in total. The van der Waals surface area contributed by atoms with Crippen molar-refractivity contribution in [2.45, 2.75) is 74.3 Å². The lowest BCUT2D eigenvalue weighted by molar-refractivity contribution is -0.162. The van der Waals surface area contributed by atoms with Crippen molar-refractivity contribution >= 4 is 11.8 Å². The highest BCUT2D eigenvalue weighted by Gasteiger charge is 2.68. The van der Waals surface area contributed by atoms with Crippen LogP contribution in [-0.4, -0.2) is 16.7 Å². The van der Waals surface area contributed by atoms with E-state index >= 15 is 0 Å². The average molecular weight is 382 g/mol. The molecule has 0 radical (unpaired) electrons. The Labute approximate surface area is 170 Å². The summed E-state index contributed by atoms with van der Waals surface area (Å²) in [5.74, 6) is -0.197. The number of nitrogens with zero attached hydrogens (tertiary/aromatic N) is 1. The van der Waals surface area contributed by atoms with Crippen LogP contribution in [0.1, 0.15) is 85.4 Å². The van der Waals surface area contributed by atoms with Gasteiger partial charge in [0, 0.05) is 17.6 Å². The van der Waals surface area contributed by atoms with Crippen molar-refractivity contribution in [1.82, 2.24) is 4.90 Å². The zero-order valence-electron chi connectivity index (χ0n) is 18.9. The molecule has 3 rings (SSSR count). The molecule has 0 bridgehead atoms. The Hall–Kier alpha value is -1.90. The molecule has 3 heteroatoms. The minimum absolute atomic E-state index is 0.0370. The van der Waals surface area contributed by atoms with Gasteiger partial charge >= 0.3 is 0 Å². The molecule has 152 valence electrons. The monoisotopic (exact) mass is 381 g/mol. The predicted octanol–water partition coefficient (Wildman–Crippen LogP) is 5.87. The molecule has 1 aliphatic carbocycles. The minimum atomic E-state index is -0.334. The second-order valence-electron chi connectivity index (χ2n) is 11.6. The van der Waals surface area contributed by atoms with Crippen LogP contribution in [0.4, 0.5) is 0 Å². The summed E-state index contributed by atoms with van der Waals surface area (Å²) in [5.41, 5.74) is 1.71. The van der Waals surface area contributed by atoms with E-state index in [0.717, 1.165) is 5.56 Å². The van der Waals surface area contributed by atoms with Crippen LogP contribution in [0.25, 0.3) is 0 Å². The second-order valence-corrected chi connectivity index (χ2v) is 11.6. The first-order valence-corrected chi connectivity index (χ1v) is 10.3. The summed E-state index contributed by atoms with van der Waals surface area (Å²) in [6.07, 6.45) is 2.84. The summed E-state index contributed by atoms with van der Waals surface area (Å²) < 4.78 is 0. The number of imide groups is 1. The van der Waals surface area contributed by atoms with Crippen molar-refractivity contribution < 1.29 is 9.59 Å². The summed E-state index contributed by atoms with van der Waals surface area (Å²) in [6, 6.07) is 8.16. The van der Waals surface area contributed by atoms with E-state index in [-0.39, 0.29) is 45.4 Å². The Morgan fingerprint density at radius 2 is 1.18 bits per heavy atom. The van der Waals surface area contributed by atoms with Crippen LogP contribution >= 0.6 is 0 Å². The molecule has 3 nitrogen and oxygen atoms in total. The number of amides is 2. The fourth-order valence-electron chi connectivity index (χ4n) is 6.64. The van der Waals surface area contributed by atoms with Crippen LogP contribution in [0, 0.1) is 21.7 Å². The maximum absolute atomic E-state index is 12.9. The van der Waals surface area contributed by atoms with E-state index in [0.29, 0.717) is 0 Å². The Morgan fingerprint density at radius 3 is 1.57 bits per heavy atom. The number of benzene rings is 1. The molecule has 0 aromatic heterocycles. The molecule has 1 aliphatic heterocycles. The Morgan fingerprint density at radius 1 is 0.750 bits per heavy atom. The maximum atomic E-state index is 12.9. The fourth-order valence-corrected chi connectivity index (χ4v) is 6.64. The maximum Gasteiger partial charge on any atom is 0.254 e. The number of carbonyl (C=O) groups excluding carboxylic acids is 2. The molecule has 0 saturated heterocycles. The quantitative estimate of drug-likeness (QED) is 0.570. The predicted molar refractivity (Wildman–Crippen MR) is 114 cm³/mol. The van der Waals surface area contributed by atoms with Crippen molar-refractivity contribution in [2.24, 2.45) is 21.7 Å². The van der Waals surface area contributed by atoms with Gasteiger partial charge in [-0.15, -0.1) is 0 Å². The molecule has 2 atom stereocenters. The first-order valence-electron chi connectivity index (χ1n) is 10.3. The molecule has 2 amide bonds. The molecular weight excluding hydrogens is 346 g/mol. The zero-order chi connectivity index (χ0) is 21.3. The third-order valence-corrected chi connectivity index (χ3v) is 6.94. The molecule has 2 aliphatic rings. The lowest BCUT2D eigenvalue weighted by Gasteiger charge is -2.62. The lowest BCUT2D eigenvalue weighted by atomic mass is 9.44. The zero-order valence-corrected chi connectivity index (χ0v) is 18.9. The van der Waals surface area contributed by atoms with Crippen molar-refractivity contribution in [3.05, 3.63) is 47.5 Å². The molecule has 1 heterocycles. The number of hydrogen-bond acceptors (Lipinski definition) is 2. The molecule has 1 aromatic rings. The third kappa shape index (κ3) is 2.62. The Kier molecular flexibility index (Phi) is 4.50. The average Bonchev–Trinajstić information content (AvgIpc) is 3.01. The van der Waals surface area contributed by atoms with E-state index in [4.69, 9.17) is 0 Å². The molecule has 0 saturated carbocycles. The first-order chi connectivity index (χ1) is 12.7. The number of carbonyl (C=O) groups is 2. The fraction of sp³-hybridized carbons (Fsp3) is 0.600. The number of fused-ring (bicyclic) bond motifs is 1. The van der Waals surface area contributed by atoms with E-state index in [1.165, 1.54) is 22.6 Å². The van der Waals surface area contributed by atoms with Gasteiger partial charge in [0.15, 0.2) is 0 Å². The van der Waals surface area contributed by atoms with Crippen molar-refractivity contribution in [3.63, 3.8) is 0 Å². The van der Waals surface area contributed by atoms with E-state index in [1.54, 1.807) is 0 Å². The van der Waals surface area contributed by atoms with Gasteiger partial charge in [-0.1, -0.05) is 86.6 Å². The van der Waals surface area contributed by atoms with Crippen LogP contribution in [0.3, 0.4) is 0 Å². The SMILES string of the molecule is CC(C)(C)[C@H]1c2ccccc2[C@H](N2C(=O)C=CC2=O)C1(C(C)(C)C)C(C)(C)C. The van der Waals surface area contributed by atoms with Gasteiger partial charge in [0.2, 0.25) is 0 Å². The van der Waals surface area contributed by atoms with Gasteiger partial charge in [0.1, 0.15) is 0 Å². The Balaban J connectivity index is 2.47. The summed E-state index contributed by atoms with van der Waals surface area (Å²) in [6.45, 7) is 20.5. The van der Waals surface area contributed by atoms with Gasteiger partial charge in [-0.05, 0) is 33.3 Å². The molecule has 1 aromatic carbocycles. The minimum Gasteiger partial charge on any atom is -0.269 e. The van der Waals surface area contributed by atoms with Crippen LogP contribution < -0.4 is 0 Å². The van der Waals surface area contributed by atoms with E-state index in [1.807, 2.05) is 6.07 Å². The molecular formula is C25H35NO2. The van der Waals surface area contributed by atoms with E-state index in [9.17, 15) is 9.59 Å². The van der Waals surface area contributed by atoms with Gasteiger partial charge < -0.3 is 0 Å². The van der Waals surface area contributed by atoms with E-state index < -0.39 is 0 Å². The standard InChI is InChI=1S/C25H35NO2/c1-22(2,3)20-16-12-10-11-13-17(16)21(26-18(27)14-15-19(26)28)25(20,23(4,5)6)24(7,8)9/h10-15,20-21H,1-9H3/t20-,21+/m1/s1. The van der Waals surface area contributed by atoms with Crippen LogP contribution in [0.15, 0.2) is 36.4 Å². The van der Waals surface area contributed by atoms with Gasteiger partial charge in [-0.25, -0.2) is 0 Å². The lowest BCUT2D eigenvalue weighted by Crippen LogP contribution is -2.58. The van der Waals surface area contributed by atoms with Gasteiger partial charge in [-0.3, -0.25) is 14.5 Å². The van der Waals surface area contributed by atoms with Crippen LogP contribution in [0.5, 0.6) is 0 Å². The largest absolute Gasteiger partial charge is 0.269 e. The van der Waals surface area contributed by atoms with Crippen LogP contribution in [-0.2, 0) is 9.59 Å². The highest BCUT2D eigenvalue weighted by molar-refractivity contribution is 6.13. The van der Waals surface area contributed by atoms with Crippen molar-refractivity contribution in [3.8, 4) is 0 Å². The Bertz CT molecular complexity index is 811. The first kappa shape index (κ1) is 20.8. The highest BCUT2D eigenvalue weighted by atomic mass is 16.2. The van der Waals surface area contributed by atoms with Gasteiger partial charge in [0.25, 0.3) is 11.8 Å². The van der Waals surface area contributed by atoms with Crippen molar-refractivity contribution in [1.29, 1.82) is 0 Å². The molecule has 0 fully saturated rings. The highest BCUT2D eigenvalue weighted by Crippen LogP contribution is 2.74. The summed E-state index contributed by atoms with van der Waals surface area (Å²) >= 11 is 0. The number of hydrogen-bond donors (Lipinski definition) is 0. The molecule has 0 unspecified atom stereocenters. The summed E-state index contributed by atoms with van der Waals surface area (Å²) in [4.78, 5) is 27.3. The summed E-state index contributed by atoms with van der Waals surface area (Å²) in [5, 5.41) is 0.